The largest absolute Gasteiger partial charge is 0.490 e. The zero-order chi connectivity index (χ0) is 14.3. The van der Waals surface area contributed by atoms with Gasteiger partial charge in [-0.1, -0.05) is 0 Å². The highest BCUT2D eigenvalue weighted by Gasteiger charge is 2.27. The lowest BCUT2D eigenvalue weighted by atomic mass is 10.0. The summed E-state index contributed by atoms with van der Waals surface area (Å²) < 4.78 is 22.9. The Labute approximate surface area is 117 Å². The lowest BCUT2D eigenvalue weighted by molar-refractivity contribution is 0.240. The number of methoxy groups -OCH3 is 1. The van der Waals surface area contributed by atoms with Crippen LogP contribution in [0.5, 0.6) is 17.2 Å². The molecule has 0 saturated carbocycles. The predicted octanol–water partition coefficient (Wildman–Crippen LogP) is 4.07. The van der Waals surface area contributed by atoms with Crippen molar-refractivity contribution in [1.82, 2.24) is 0 Å². The van der Waals surface area contributed by atoms with E-state index in [1.165, 1.54) is 0 Å². The molecule has 106 valence electrons. The highest BCUT2D eigenvalue weighted by atomic mass is 16.5. The molecule has 0 unspecified atom stereocenters. The van der Waals surface area contributed by atoms with E-state index in [1.807, 2.05) is 32.9 Å². The third-order valence-corrected chi connectivity index (χ3v) is 3.28. The van der Waals surface area contributed by atoms with E-state index >= 15 is 0 Å². The standard InChI is InChI=1S/C16H18O4/c1-9(2)19-13-11-6-5-10(3)20-15(11)16(17-4)14-12(13)7-8-18-14/h5,7-9H,6H2,1-4H3. The molecule has 4 heteroatoms. The maximum absolute atomic E-state index is 5.99. The first-order valence-electron chi connectivity index (χ1n) is 6.73. The van der Waals surface area contributed by atoms with Crippen LogP contribution < -0.4 is 14.2 Å². The predicted molar refractivity (Wildman–Crippen MR) is 76.6 cm³/mol. The van der Waals surface area contributed by atoms with Gasteiger partial charge in [-0.3, -0.25) is 0 Å². The van der Waals surface area contributed by atoms with Crippen LogP contribution in [0.3, 0.4) is 0 Å². The molecule has 1 aliphatic heterocycles. The maximum atomic E-state index is 5.99. The van der Waals surface area contributed by atoms with Crippen LogP contribution >= 0.6 is 0 Å². The van der Waals surface area contributed by atoms with Gasteiger partial charge in [-0.25, -0.2) is 0 Å². The fourth-order valence-electron chi connectivity index (χ4n) is 2.47. The Morgan fingerprint density at radius 2 is 2.05 bits per heavy atom. The Hall–Kier alpha value is -2.10. The van der Waals surface area contributed by atoms with Crippen LogP contribution in [0, 0.1) is 0 Å². The molecule has 0 bridgehead atoms. The van der Waals surface area contributed by atoms with Crippen molar-refractivity contribution in [3.8, 4) is 17.2 Å². The molecule has 2 aromatic rings. The number of benzene rings is 1. The number of furan rings is 1. The van der Waals surface area contributed by atoms with E-state index in [1.54, 1.807) is 13.4 Å². The molecule has 3 rings (SSSR count). The molecular weight excluding hydrogens is 256 g/mol. The molecule has 0 amide bonds. The smallest absolute Gasteiger partial charge is 0.205 e. The Bertz CT molecular complexity index is 679. The van der Waals surface area contributed by atoms with Crippen molar-refractivity contribution in [1.29, 1.82) is 0 Å². The van der Waals surface area contributed by atoms with Crippen molar-refractivity contribution < 1.29 is 18.6 Å². The molecule has 1 aromatic carbocycles. The van der Waals surface area contributed by atoms with E-state index < -0.39 is 0 Å². The van der Waals surface area contributed by atoms with Crippen molar-refractivity contribution in [3.63, 3.8) is 0 Å². The van der Waals surface area contributed by atoms with E-state index in [9.17, 15) is 0 Å². The first-order chi connectivity index (χ1) is 9.61. The van der Waals surface area contributed by atoms with E-state index in [-0.39, 0.29) is 6.10 Å². The third kappa shape index (κ3) is 1.92. The van der Waals surface area contributed by atoms with Crippen LogP contribution in [0.25, 0.3) is 11.0 Å². The first-order valence-corrected chi connectivity index (χ1v) is 6.73. The molecule has 0 N–H and O–H groups in total. The number of rotatable bonds is 3. The van der Waals surface area contributed by atoms with E-state index in [2.05, 4.69) is 0 Å². The van der Waals surface area contributed by atoms with Gasteiger partial charge in [0.25, 0.3) is 0 Å². The zero-order valence-corrected chi connectivity index (χ0v) is 12.1. The van der Waals surface area contributed by atoms with Gasteiger partial charge in [-0.05, 0) is 32.9 Å². The maximum Gasteiger partial charge on any atom is 0.205 e. The zero-order valence-electron chi connectivity index (χ0n) is 12.1. The van der Waals surface area contributed by atoms with Crippen molar-refractivity contribution in [2.45, 2.75) is 33.3 Å². The van der Waals surface area contributed by atoms with Crippen molar-refractivity contribution in [3.05, 3.63) is 29.7 Å². The third-order valence-electron chi connectivity index (χ3n) is 3.28. The fraction of sp³-hybridized carbons (Fsp3) is 0.375. The minimum atomic E-state index is 0.0811. The summed E-state index contributed by atoms with van der Waals surface area (Å²) in [6.07, 6.45) is 4.53. The van der Waals surface area contributed by atoms with Gasteiger partial charge in [0.15, 0.2) is 11.3 Å². The molecule has 4 nitrogen and oxygen atoms in total. The summed E-state index contributed by atoms with van der Waals surface area (Å²) in [7, 11) is 1.62. The van der Waals surface area contributed by atoms with Crippen LogP contribution in [-0.2, 0) is 6.42 Å². The van der Waals surface area contributed by atoms with Crippen molar-refractivity contribution in [2.24, 2.45) is 0 Å². The van der Waals surface area contributed by atoms with E-state index in [4.69, 9.17) is 18.6 Å². The lowest BCUT2D eigenvalue weighted by Crippen LogP contribution is -2.11. The van der Waals surface area contributed by atoms with E-state index in [0.717, 1.165) is 28.9 Å². The molecule has 0 atom stereocenters. The van der Waals surface area contributed by atoms with Crippen LogP contribution in [0.4, 0.5) is 0 Å². The molecule has 0 spiro atoms. The van der Waals surface area contributed by atoms with Crippen LogP contribution in [0.2, 0.25) is 0 Å². The molecule has 1 aliphatic rings. The Balaban J connectivity index is 2.30. The molecule has 0 aliphatic carbocycles. The normalized spacial score (nSPS) is 13.9. The number of hydrogen-bond acceptors (Lipinski definition) is 4. The Morgan fingerprint density at radius 1 is 1.25 bits per heavy atom. The summed E-state index contributed by atoms with van der Waals surface area (Å²) in [4.78, 5) is 0. The second-order valence-electron chi connectivity index (χ2n) is 5.12. The highest BCUT2D eigenvalue weighted by molar-refractivity contribution is 5.94. The molecule has 0 saturated heterocycles. The second-order valence-corrected chi connectivity index (χ2v) is 5.12. The average molecular weight is 274 g/mol. The summed E-state index contributed by atoms with van der Waals surface area (Å²) in [6.45, 7) is 5.94. The second kappa shape index (κ2) is 4.78. The van der Waals surface area contributed by atoms with E-state index in [0.29, 0.717) is 17.1 Å². The number of fused-ring (bicyclic) bond motifs is 2. The average Bonchev–Trinajstić information content (AvgIpc) is 2.87. The molecular formula is C16H18O4. The van der Waals surface area contributed by atoms with Crippen molar-refractivity contribution >= 4 is 11.0 Å². The molecule has 20 heavy (non-hydrogen) atoms. The van der Waals surface area contributed by atoms with Gasteiger partial charge >= 0.3 is 0 Å². The summed E-state index contributed by atoms with van der Waals surface area (Å²) in [5, 5.41) is 0.922. The summed E-state index contributed by atoms with van der Waals surface area (Å²) in [5.74, 6) is 3.01. The van der Waals surface area contributed by atoms with Gasteiger partial charge < -0.3 is 18.6 Å². The molecule has 1 aromatic heterocycles. The lowest BCUT2D eigenvalue weighted by Gasteiger charge is -2.23. The van der Waals surface area contributed by atoms with Crippen LogP contribution in [-0.4, -0.2) is 13.2 Å². The minimum absolute atomic E-state index is 0.0811. The summed E-state index contributed by atoms with van der Waals surface area (Å²) >= 11 is 0. The van der Waals surface area contributed by atoms with Gasteiger partial charge in [0.05, 0.1) is 30.6 Å². The number of allylic oxidation sites excluding steroid dienone is 2. The van der Waals surface area contributed by atoms with Crippen molar-refractivity contribution in [2.75, 3.05) is 7.11 Å². The Morgan fingerprint density at radius 3 is 2.75 bits per heavy atom. The fourth-order valence-corrected chi connectivity index (χ4v) is 2.47. The molecule has 0 radical (unpaired) electrons. The summed E-state index contributed by atoms with van der Waals surface area (Å²) in [6, 6.07) is 1.90. The minimum Gasteiger partial charge on any atom is -0.490 e. The van der Waals surface area contributed by atoms with Gasteiger partial charge in [-0.2, -0.15) is 0 Å². The quantitative estimate of drug-likeness (QED) is 0.846. The van der Waals surface area contributed by atoms with Gasteiger partial charge in [0, 0.05) is 12.0 Å². The highest BCUT2D eigenvalue weighted by Crippen LogP contribution is 2.48. The summed E-state index contributed by atoms with van der Waals surface area (Å²) in [5.41, 5.74) is 1.67. The first kappa shape index (κ1) is 12.9. The molecule has 0 fully saturated rings. The SMILES string of the molecule is COc1c2c(c(OC(C)C)c3ccoc13)CC=C(C)O2. The number of hydrogen-bond donors (Lipinski definition) is 0. The van der Waals surface area contributed by atoms with Crippen LogP contribution in [0.15, 0.2) is 28.6 Å². The van der Waals surface area contributed by atoms with Gasteiger partial charge in [0.2, 0.25) is 5.75 Å². The Kier molecular flexibility index (Phi) is 3.08. The van der Waals surface area contributed by atoms with Gasteiger partial charge in [-0.15, -0.1) is 0 Å². The number of ether oxygens (including phenoxy) is 3. The van der Waals surface area contributed by atoms with Gasteiger partial charge in [0.1, 0.15) is 5.75 Å². The monoisotopic (exact) mass is 274 g/mol. The van der Waals surface area contributed by atoms with Crippen LogP contribution in [0.1, 0.15) is 26.3 Å². The molecule has 2 heterocycles. The topological polar surface area (TPSA) is 40.8 Å².